The van der Waals surface area contributed by atoms with Crippen LogP contribution in [-0.2, 0) is 36.0 Å². The molecule has 3 aliphatic rings. The van der Waals surface area contributed by atoms with Crippen molar-refractivity contribution in [1.29, 1.82) is 0 Å². The number of fused-ring (bicyclic) bond motifs is 6. The zero-order valence-corrected chi connectivity index (χ0v) is 18.5. The van der Waals surface area contributed by atoms with E-state index in [9.17, 15) is 29.4 Å². The number of hydrogen-bond donors (Lipinski definition) is 2. The van der Waals surface area contributed by atoms with Crippen molar-refractivity contribution in [3.8, 4) is 23.0 Å². The molecule has 3 aromatic rings. The van der Waals surface area contributed by atoms with Crippen LogP contribution in [-0.4, -0.2) is 39.0 Å². The molecule has 0 unspecified atom stereocenters. The molecular weight excluding hydrogens is 470 g/mol. The van der Waals surface area contributed by atoms with Crippen LogP contribution in [0.25, 0.3) is 0 Å². The first-order valence-corrected chi connectivity index (χ1v) is 11.0. The zero-order chi connectivity index (χ0) is 25.2. The number of esters is 1. The van der Waals surface area contributed by atoms with Gasteiger partial charge < -0.3 is 24.5 Å². The number of nitrogens with zero attached hydrogens (tertiary/aromatic N) is 1. The molecule has 1 fully saturated rings. The minimum atomic E-state index is -1.47. The van der Waals surface area contributed by atoms with Crippen molar-refractivity contribution >= 4 is 23.8 Å². The molecule has 0 atom stereocenters. The molecule has 0 bridgehead atoms. The van der Waals surface area contributed by atoms with E-state index in [0.29, 0.717) is 27.3 Å². The molecule has 36 heavy (non-hydrogen) atoms. The number of imide groups is 1. The number of benzene rings is 3. The molecule has 0 aromatic heterocycles. The van der Waals surface area contributed by atoms with Gasteiger partial charge in [0.15, 0.2) is 5.60 Å². The van der Waals surface area contributed by atoms with Gasteiger partial charge in [0.25, 0.3) is 11.8 Å². The van der Waals surface area contributed by atoms with Gasteiger partial charge in [0.05, 0.1) is 12.0 Å². The topological polar surface area (TPSA) is 140 Å². The van der Waals surface area contributed by atoms with Crippen LogP contribution in [0.3, 0.4) is 0 Å². The van der Waals surface area contributed by atoms with E-state index in [0.717, 1.165) is 0 Å². The van der Waals surface area contributed by atoms with Crippen LogP contribution in [0.4, 0.5) is 0 Å². The Balaban J connectivity index is 1.45. The minimum Gasteiger partial charge on any atom is -0.508 e. The Kier molecular flexibility index (Phi) is 4.56. The Morgan fingerprint density at radius 3 is 2.08 bits per heavy atom. The number of hydroxylamine groups is 2. The van der Waals surface area contributed by atoms with Crippen LogP contribution in [0, 0.1) is 0 Å². The van der Waals surface area contributed by atoms with Crippen LogP contribution >= 0.6 is 0 Å². The van der Waals surface area contributed by atoms with Crippen molar-refractivity contribution < 1.29 is 43.7 Å². The van der Waals surface area contributed by atoms with Gasteiger partial charge in [-0.05, 0) is 42.0 Å². The van der Waals surface area contributed by atoms with Gasteiger partial charge in [-0.3, -0.25) is 9.59 Å². The van der Waals surface area contributed by atoms with Gasteiger partial charge in [-0.25, -0.2) is 9.59 Å². The zero-order valence-electron chi connectivity index (χ0n) is 18.5. The molecule has 0 saturated carbocycles. The lowest BCUT2D eigenvalue weighted by molar-refractivity contribution is -0.197. The molecular formula is C26H17NO9. The molecule has 10 nitrogen and oxygen atoms in total. The number of aromatic hydroxyl groups is 2. The van der Waals surface area contributed by atoms with E-state index >= 15 is 0 Å². The Bertz CT molecular complexity index is 1440. The van der Waals surface area contributed by atoms with Gasteiger partial charge in [-0.1, -0.05) is 6.07 Å². The number of hydrogen-bond acceptors (Lipinski definition) is 9. The van der Waals surface area contributed by atoms with Crippen LogP contribution in [0.1, 0.15) is 45.5 Å². The van der Waals surface area contributed by atoms with Crippen molar-refractivity contribution in [2.45, 2.75) is 24.9 Å². The largest absolute Gasteiger partial charge is 0.508 e. The first-order valence-electron chi connectivity index (χ1n) is 11.0. The quantitative estimate of drug-likeness (QED) is 0.422. The summed E-state index contributed by atoms with van der Waals surface area (Å²) < 4.78 is 11.9. The fourth-order valence-electron chi connectivity index (χ4n) is 4.81. The van der Waals surface area contributed by atoms with Crippen LogP contribution < -0.4 is 4.74 Å². The second-order valence-corrected chi connectivity index (χ2v) is 8.64. The normalized spacial score (nSPS) is 16.8. The Morgan fingerprint density at radius 1 is 0.861 bits per heavy atom. The predicted octanol–water partition coefficient (Wildman–Crippen LogP) is 2.82. The smallest absolute Gasteiger partial charge is 0.340 e. The standard InChI is InChI=1S/C26H17NO9/c28-14-2-5-17-20(11-14)34-21-12-15(29)3-6-18(21)26(17)19-9-13(1-4-16(19)25(33)35-26)10-24(32)36-27-22(30)7-8-23(27)31/h1-6,9,11-12,28-29H,7-8,10H2. The molecule has 3 aromatic carbocycles. The van der Waals surface area contributed by atoms with Crippen molar-refractivity contribution in [3.63, 3.8) is 0 Å². The summed E-state index contributed by atoms with van der Waals surface area (Å²) in [6.45, 7) is 0. The molecule has 10 heteroatoms. The van der Waals surface area contributed by atoms with Gasteiger partial charge in [0.1, 0.15) is 23.0 Å². The van der Waals surface area contributed by atoms with Crippen molar-refractivity contribution in [1.82, 2.24) is 5.06 Å². The number of carbonyl (C=O) groups excluding carboxylic acids is 4. The molecule has 3 aliphatic heterocycles. The second-order valence-electron chi connectivity index (χ2n) is 8.64. The van der Waals surface area contributed by atoms with Gasteiger partial charge in [-0.2, -0.15) is 0 Å². The van der Waals surface area contributed by atoms with Crippen molar-refractivity contribution in [2.24, 2.45) is 0 Å². The van der Waals surface area contributed by atoms with E-state index in [1.54, 1.807) is 24.3 Å². The summed E-state index contributed by atoms with van der Waals surface area (Å²) in [7, 11) is 0. The highest BCUT2D eigenvalue weighted by molar-refractivity contribution is 6.01. The first-order chi connectivity index (χ1) is 17.3. The van der Waals surface area contributed by atoms with Crippen LogP contribution in [0.5, 0.6) is 23.0 Å². The maximum absolute atomic E-state index is 13.0. The van der Waals surface area contributed by atoms with E-state index in [2.05, 4.69) is 0 Å². The third-order valence-electron chi connectivity index (χ3n) is 6.39. The molecule has 0 aliphatic carbocycles. The maximum Gasteiger partial charge on any atom is 0.340 e. The molecule has 2 N–H and O–H groups in total. The van der Waals surface area contributed by atoms with E-state index in [1.807, 2.05) is 0 Å². The highest BCUT2D eigenvalue weighted by Gasteiger charge is 2.53. The lowest BCUT2D eigenvalue weighted by atomic mass is 9.77. The van der Waals surface area contributed by atoms with Crippen LogP contribution in [0.15, 0.2) is 54.6 Å². The summed E-state index contributed by atoms with van der Waals surface area (Å²) in [6, 6.07) is 13.5. The van der Waals surface area contributed by atoms with Crippen molar-refractivity contribution in [2.75, 3.05) is 0 Å². The molecule has 3 heterocycles. The van der Waals surface area contributed by atoms with E-state index in [1.165, 1.54) is 30.3 Å². The highest BCUT2D eigenvalue weighted by atomic mass is 16.7. The van der Waals surface area contributed by atoms with E-state index in [-0.39, 0.29) is 47.8 Å². The molecule has 180 valence electrons. The summed E-state index contributed by atoms with van der Waals surface area (Å²) >= 11 is 0. The lowest BCUT2D eigenvalue weighted by Gasteiger charge is -2.36. The monoisotopic (exact) mass is 487 g/mol. The number of carbonyl (C=O) groups is 4. The molecule has 1 spiro atoms. The third-order valence-corrected chi connectivity index (χ3v) is 6.39. The maximum atomic E-state index is 13.0. The number of rotatable bonds is 3. The summed E-state index contributed by atoms with van der Waals surface area (Å²) in [5.74, 6) is -2.27. The average Bonchev–Trinajstić information content (AvgIpc) is 3.30. The molecule has 1 saturated heterocycles. The highest BCUT2D eigenvalue weighted by Crippen LogP contribution is 2.57. The molecule has 2 amide bonds. The molecule has 0 radical (unpaired) electrons. The number of phenolic OH excluding ortho intramolecular Hbond substituents is 2. The lowest BCUT2D eigenvalue weighted by Crippen LogP contribution is -2.33. The van der Waals surface area contributed by atoms with Gasteiger partial charge >= 0.3 is 11.9 Å². The Hall–Kier alpha value is -4.86. The fourth-order valence-corrected chi connectivity index (χ4v) is 4.81. The SMILES string of the molecule is O=C(Cc1ccc2c(c1)C1(OC2=O)c2ccc(O)cc2Oc2cc(O)ccc21)ON1C(=O)CCC1=O. The molecule has 6 rings (SSSR count). The van der Waals surface area contributed by atoms with Crippen molar-refractivity contribution in [3.05, 3.63) is 82.4 Å². The van der Waals surface area contributed by atoms with Gasteiger partial charge in [-0.15, -0.1) is 5.06 Å². The van der Waals surface area contributed by atoms with Crippen LogP contribution in [0.2, 0.25) is 0 Å². The third kappa shape index (κ3) is 3.11. The average molecular weight is 487 g/mol. The number of phenols is 2. The van der Waals surface area contributed by atoms with Gasteiger partial charge in [0.2, 0.25) is 0 Å². The van der Waals surface area contributed by atoms with E-state index < -0.39 is 29.4 Å². The number of amides is 2. The Labute approximate surface area is 203 Å². The summed E-state index contributed by atoms with van der Waals surface area (Å²) in [5, 5.41) is 20.5. The first kappa shape index (κ1) is 21.7. The minimum absolute atomic E-state index is 0.0150. The fraction of sp³-hybridized carbons (Fsp3) is 0.154. The predicted molar refractivity (Wildman–Crippen MR) is 119 cm³/mol. The second kappa shape index (κ2) is 7.57. The number of ether oxygens (including phenoxy) is 2. The van der Waals surface area contributed by atoms with Gasteiger partial charge in [0, 0.05) is 41.7 Å². The summed E-state index contributed by atoms with van der Waals surface area (Å²) in [6.07, 6.45) is -0.312. The summed E-state index contributed by atoms with van der Waals surface area (Å²) in [5.41, 5.74) is 0.544. The summed E-state index contributed by atoms with van der Waals surface area (Å²) in [4.78, 5) is 54.0. The van der Waals surface area contributed by atoms with E-state index in [4.69, 9.17) is 14.3 Å². The Morgan fingerprint density at radius 2 is 1.47 bits per heavy atom.